The van der Waals surface area contributed by atoms with Crippen molar-refractivity contribution in [3.63, 3.8) is 0 Å². The Bertz CT molecular complexity index is 419. The van der Waals surface area contributed by atoms with Gasteiger partial charge in [0.2, 0.25) is 0 Å². The number of halogens is 2. The van der Waals surface area contributed by atoms with E-state index in [2.05, 4.69) is 0 Å². The minimum absolute atomic E-state index is 0.154. The first-order chi connectivity index (χ1) is 8.16. The molecule has 1 aromatic carbocycles. The van der Waals surface area contributed by atoms with Crippen molar-refractivity contribution in [1.82, 2.24) is 5.06 Å². The number of hydroxylamine groups is 2. The van der Waals surface area contributed by atoms with Crippen LogP contribution < -0.4 is 4.74 Å². The van der Waals surface area contributed by atoms with Crippen molar-refractivity contribution in [2.24, 2.45) is 0 Å². The van der Waals surface area contributed by atoms with Gasteiger partial charge in [0.1, 0.15) is 5.82 Å². The molecule has 0 saturated carbocycles. The number of carbonyl (C=O) groups excluding carboxylic acids is 1. The van der Waals surface area contributed by atoms with E-state index in [0.717, 1.165) is 18.6 Å². The number of hydrogen-bond donors (Lipinski definition) is 0. The second-order valence-electron chi connectivity index (χ2n) is 3.55. The molecule has 4 nitrogen and oxygen atoms in total. The summed E-state index contributed by atoms with van der Waals surface area (Å²) in [4.78, 5) is 16.5. The van der Waals surface area contributed by atoms with E-state index < -0.39 is 11.6 Å². The minimum atomic E-state index is -0.833. The highest BCUT2D eigenvalue weighted by Crippen LogP contribution is 2.17. The fourth-order valence-corrected chi connectivity index (χ4v) is 1.45. The highest BCUT2D eigenvalue weighted by atomic mass is 19.1. The van der Waals surface area contributed by atoms with Crippen molar-refractivity contribution in [2.75, 3.05) is 19.8 Å². The maximum absolute atomic E-state index is 13.2. The van der Waals surface area contributed by atoms with Crippen LogP contribution in [0.3, 0.4) is 0 Å². The second-order valence-corrected chi connectivity index (χ2v) is 3.55. The Morgan fingerprint density at radius 2 is 2.29 bits per heavy atom. The molecule has 6 heteroatoms. The van der Waals surface area contributed by atoms with Crippen molar-refractivity contribution in [3.8, 4) is 5.75 Å². The first-order valence-corrected chi connectivity index (χ1v) is 5.18. The fraction of sp³-hybridized carbons (Fsp3) is 0.364. The van der Waals surface area contributed by atoms with E-state index in [9.17, 15) is 13.6 Å². The van der Waals surface area contributed by atoms with Gasteiger partial charge in [0.15, 0.2) is 18.2 Å². The van der Waals surface area contributed by atoms with Gasteiger partial charge in [0, 0.05) is 6.07 Å². The van der Waals surface area contributed by atoms with Crippen molar-refractivity contribution in [3.05, 3.63) is 29.8 Å². The van der Waals surface area contributed by atoms with Gasteiger partial charge in [0.25, 0.3) is 5.91 Å². The number of hydrogen-bond acceptors (Lipinski definition) is 3. The minimum Gasteiger partial charge on any atom is -0.481 e. The highest BCUT2D eigenvalue weighted by Gasteiger charge is 2.20. The van der Waals surface area contributed by atoms with Crippen LogP contribution in [0.2, 0.25) is 0 Å². The molecule has 1 aliphatic heterocycles. The lowest BCUT2D eigenvalue weighted by atomic mass is 10.3. The smallest absolute Gasteiger partial charge is 0.283 e. The van der Waals surface area contributed by atoms with Crippen molar-refractivity contribution >= 4 is 5.91 Å². The Kier molecular flexibility index (Phi) is 3.53. The van der Waals surface area contributed by atoms with E-state index in [-0.39, 0.29) is 18.3 Å². The zero-order chi connectivity index (χ0) is 12.3. The monoisotopic (exact) mass is 243 g/mol. The summed E-state index contributed by atoms with van der Waals surface area (Å²) >= 11 is 0. The molecule has 0 radical (unpaired) electrons. The summed E-state index contributed by atoms with van der Waals surface area (Å²) in [6, 6.07) is 2.91. The van der Waals surface area contributed by atoms with Crippen LogP contribution in [0.15, 0.2) is 18.2 Å². The lowest BCUT2D eigenvalue weighted by Crippen LogP contribution is -2.31. The third-order valence-electron chi connectivity index (χ3n) is 2.28. The molecule has 0 aliphatic carbocycles. The average molecular weight is 243 g/mol. The third-order valence-corrected chi connectivity index (χ3v) is 2.28. The van der Waals surface area contributed by atoms with Gasteiger partial charge in [0.05, 0.1) is 13.2 Å². The maximum atomic E-state index is 13.2. The summed E-state index contributed by atoms with van der Waals surface area (Å²) in [7, 11) is 0. The Hall–Kier alpha value is -1.69. The van der Waals surface area contributed by atoms with E-state index in [0.29, 0.717) is 19.2 Å². The van der Waals surface area contributed by atoms with Gasteiger partial charge in [-0.2, -0.15) is 0 Å². The van der Waals surface area contributed by atoms with Gasteiger partial charge in [-0.25, -0.2) is 13.8 Å². The first-order valence-electron chi connectivity index (χ1n) is 5.18. The maximum Gasteiger partial charge on any atom is 0.283 e. The SMILES string of the molecule is O=C(COc1ccc(F)cc1F)N1CCCO1. The number of amides is 1. The molecule has 0 bridgehead atoms. The van der Waals surface area contributed by atoms with E-state index in [4.69, 9.17) is 9.57 Å². The van der Waals surface area contributed by atoms with Crippen LogP contribution in [0.1, 0.15) is 6.42 Å². The van der Waals surface area contributed by atoms with Gasteiger partial charge in [-0.3, -0.25) is 9.63 Å². The average Bonchev–Trinajstić information content (AvgIpc) is 2.81. The largest absolute Gasteiger partial charge is 0.481 e. The van der Waals surface area contributed by atoms with E-state index in [1.54, 1.807) is 0 Å². The predicted molar refractivity (Wildman–Crippen MR) is 54.1 cm³/mol. The Morgan fingerprint density at radius 1 is 1.47 bits per heavy atom. The molecule has 0 N–H and O–H groups in total. The summed E-state index contributed by atoms with van der Waals surface area (Å²) in [5.41, 5.74) is 0. The lowest BCUT2D eigenvalue weighted by molar-refractivity contribution is -0.170. The molecule has 0 atom stereocenters. The first kappa shape index (κ1) is 11.8. The van der Waals surface area contributed by atoms with Gasteiger partial charge in [-0.15, -0.1) is 0 Å². The van der Waals surface area contributed by atoms with Crippen molar-refractivity contribution < 1.29 is 23.1 Å². The molecule has 92 valence electrons. The zero-order valence-corrected chi connectivity index (χ0v) is 8.99. The standard InChI is InChI=1S/C11H11F2NO3/c12-8-2-3-10(9(13)6-8)16-7-11(15)14-4-1-5-17-14/h2-3,6H,1,4-5,7H2. The van der Waals surface area contributed by atoms with Gasteiger partial charge in [-0.05, 0) is 18.6 Å². The molecular formula is C11H11F2NO3. The summed E-state index contributed by atoms with van der Waals surface area (Å²) in [6.45, 7) is 0.674. The summed E-state index contributed by atoms with van der Waals surface area (Å²) < 4.78 is 30.7. The highest BCUT2D eigenvalue weighted by molar-refractivity contribution is 5.76. The lowest BCUT2D eigenvalue weighted by Gasteiger charge is -2.14. The molecule has 0 aromatic heterocycles. The molecule has 1 heterocycles. The molecule has 1 saturated heterocycles. The molecular weight excluding hydrogens is 232 g/mol. The van der Waals surface area contributed by atoms with Crippen LogP contribution in [0.5, 0.6) is 5.75 Å². The molecule has 0 unspecified atom stereocenters. The molecule has 1 aliphatic rings. The van der Waals surface area contributed by atoms with Gasteiger partial charge >= 0.3 is 0 Å². The summed E-state index contributed by atoms with van der Waals surface area (Å²) in [5.74, 6) is -2.06. The van der Waals surface area contributed by atoms with Crippen LogP contribution in [0.25, 0.3) is 0 Å². The Balaban J connectivity index is 1.90. The van der Waals surface area contributed by atoms with E-state index >= 15 is 0 Å². The summed E-state index contributed by atoms with van der Waals surface area (Å²) in [5, 5.41) is 1.18. The number of ether oxygens (including phenoxy) is 1. The third kappa shape index (κ3) is 2.91. The molecule has 1 amide bonds. The van der Waals surface area contributed by atoms with E-state index in [1.807, 2.05) is 0 Å². The molecule has 17 heavy (non-hydrogen) atoms. The van der Waals surface area contributed by atoms with Crippen molar-refractivity contribution in [1.29, 1.82) is 0 Å². The zero-order valence-electron chi connectivity index (χ0n) is 8.99. The van der Waals surface area contributed by atoms with Crippen LogP contribution >= 0.6 is 0 Å². The number of nitrogens with zero attached hydrogens (tertiary/aromatic N) is 1. The predicted octanol–water partition coefficient (Wildman–Crippen LogP) is 1.51. The molecule has 1 fully saturated rings. The van der Waals surface area contributed by atoms with Crippen molar-refractivity contribution in [2.45, 2.75) is 6.42 Å². The normalized spacial score (nSPS) is 15.1. The molecule has 2 rings (SSSR count). The quantitative estimate of drug-likeness (QED) is 0.807. The molecule has 1 aromatic rings. The Labute approximate surface area is 96.7 Å². The summed E-state index contributed by atoms with van der Waals surface area (Å²) in [6.07, 6.45) is 0.774. The number of carbonyl (C=O) groups is 1. The Morgan fingerprint density at radius 3 is 2.94 bits per heavy atom. The van der Waals surface area contributed by atoms with E-state index in [1.165, 1.54) is 5.06 Å². The number of benzene rings is 1. The topological polar surface area (TPSA) is 38.8 Å². The second kappa shape index (κ2) is 5.09. The van der Waals surface area contributed by atoms with Crippen LogP contribution in [-0.4, -0.2) is 30.7 Å². The van der Waals surface area contributed by atoms with Crippen LogP contribution in [0, 0.1) is 11.6 Å². The molecule has 0 spiro atoms. The number of rotatable bonds is 3. The van der Waals surface area contributed by atoms with Crippen LogP contribution in [0.4, 0.5) is 8.78 Å². The van der Waals surface area contributed by atoms with Crippen LogP contribution in [-0.2, 0) is 9.63 Å². The van der Waals surface area contributed by atoms with Gasteiger partial charge < -0.3 is 4.74 Å². The fourth-order valence-electron chi connectivity index (χ4n) is 1.45. The van der Waals surface area contributed by atoms with Gasteiger partial charge in [-0.1, -0.05) is 0 Å².